The highest BCUT2D eigenvalue weighted by Gasteiger charge is 2.53. The van der Waals surface area contributed by atoms with E-state index in [1.54, 1.807) is 0 Å². The van der Waals surface area contributed by atoms with Gasteiger partial charge in [-0.3, -0.25) is 4.79 Å². The van der Waals surface area contributed by atoms with Crippen LogP contribution in [0.3, 0.4) is 0 Å². The second kappa shape index (κ2) is 5.69. The van der Waals surface area contributed by atoms with E-state index in [0.29, 0.717) is 29.7 Å². The van der Waals surface area contributed by atoms with E-state index in [0.717, 1.165) is 30.6 Å². The van der Waals surface area contributed by atoms with Crippen LogP contribution in [0.5, 0.6) is 0 Å². The van der Waals surface area contributed by atoms with Crippen LogP contribution in [-0.2, 0) is 4.79 Å². The van der Waals surface area contributed by atoms with Gasteiger partial charge < -0.3 is 5.32 Å². The standard InChI is InChI=1S/C20H31NO/c1-2-18(21-19(22)10-14-5-3-4-6-14)20-11-15-7-16(12-20)9-17(8-15)13-20/h3,5,14-18H,2,4,6-13H2,1H3,(H,21,22)/t14-,15?,16?,17?,18-,20?/m0/s1. The molecule has 0 aliphatic heterocycles. The Morgan fingerprint density at radius 1 is 1.18 bits per heavy atom. The molecule has 22 heavy (non-hydrogen) atoms. The molecular formula is C20H31NO. The van der Waals surface area contributed by atoms with Gasteiger partial charge in [-0.05, 0) is 86.9 Å². The van der Waals surface area contributed by atoms with Crippen molar-refractivity contribution in [3.63, 3.8) is 0 Å². The Labute approximate surface area is 135 Å². The number of hydrogen-bond donors (Lipinski definition) is 1. The molecule has 1 amide bonds. The third-order valence-electron chi connectivity index (χ3n) is 7.13. The molecule has 2 heteroatoms. The van der Waals surface area contributed by atoms with Gasteiger partial charge in [-0.1, -0.05) is 19.1 Å². The molecule has 5 rings (SSSR count). The summed E-state index contributed by atoms with van der Waals surface area (Å²) in [5.41, 5.74) is 0.449. The van der Waals surface area contributed by atoms with Crippen molar-refractivity contribution in [1.82, 2.24) is 5.32 Å². The van der Waals surface area contributed by atoms with Crippen molar-refractivity contribution in [3.8, 4) is 0 Å². The monoisotopic (exact) mass is 301 g/mol. The van der Waals surface area contributed by atoms with Crippen molar-refractivity contribution < 1.29 is 4.79 Å². The quantitative estimate of drug-likeness (QED) is 0.747. The van der Waals surface area contributed by atoms with E-state index in [1.165, 1.54) is 44.9 Å². The van der Waals surface area contributed by atoms with E-state index in [1.807, 2.05) is 0 Å². The minimum absolute atomic E-state index is 0.305. The van der Waals surface area contributed by atoms with Crippen molar-refractivity contribution in [1.29, 1.82) is 0 Å². The van der Waals surface area contributed by atoms with Crippen molar-refractivity contribution in [2.24, 2.45) is 29.1 Å². The summed E-state index contributed by atoms with van der Waals surface area (Å²) >= 11 is 0. The van der Waals surface area contributed by atoms with E-state index < -0.39 is 0 Å². The number of amides is 1. The first kappa shape index (κ1) is 14.8. The minimum atomic E-state index is 0.305. The van der Waals surface area contributed by atoms with Gasteiger partial charge in [0.15, 0.2) is 0 Å². The Bertz CT molecular complexity index is 431. The Balaban J connectivity index is 1.43. The molecule has 122 valence electrons. The first-order valence-corrected chi connectivity index (χ1v) is 9.63. The zero-order chi connectivity index (χ0) is 15.2. The minimum Gasteiger partial charge on any atom is -0.353 e. The molecule has 4 fully saturated rings. The summed E-state index contributed by atoms with van der Waals surface area (Å²) in [6.45, 7) is 2.28. The van der Waals surface area contributed by atoms with Crippen molar-refractivity contribution >= 4 is 5.91 Å². The van der Waals surface area contributed by atoms with Crippen LogP contribution < -0.4 is 5.32 Å². The highest BCUT2D eigenvalue weighted by atomic mass is 16.1. The molecule has 1 N–H and O–H groups in total. The van der Waals surface area contributed by atoms with E-state index in [-0.39, 0.29) is 0 Å². The predicted octanol–water partition coefficient (Wildman–Crippen LogP) is 4.45. The molecule has 5 aliphatic rings. The fourth-order valence-corrected chi connectivity index (χ4v) is 6.65. The second-order valence-electron chi connectivity index (χ2n) is 8.78. The van der Waals surface area contributed by atoms with Crippen LogP contribution in [-0.4, -0.2) is 11.9 Å². The lowest BCUT2D eigenvalue weighted by molar-refractivity contribution is -0.127. The van der Waals surface area contributed by atoms with Gasteiger partial charge in [-0.15, -0.1) is 0 Å². The van der Waals surface area contributed by atoms with Gasteiger partial charge in [0, 0.05) is 12.5 Å². The molecule has 0 radical (unpaired) electrons. The van der Waals surface area contributed by atoms with Crippen LogP contribution in [0, 0.1) is 29.1 Å². The van der Waals surface area contributed by atoms with Gasteiger partial charge in [0.05, 0.1) is 0 Å². The molecule has 2 atom stereocenters. The maximum Gasteiger partial charge on any atom is 0.220 e. The lowest BCUT2D eigenvalue weighted by Gasteiger charge is -2.59. The van der Waals surface area contributed by atoms with Crippen LogP contribution in [0.4, 0.5) is 0 Å². The lowest BCUT2D eigenvalue weighted by Crippen LogP contribution is -2.56. The molecular weight excluding hydrogens is 270 g/mol. The molecule has 0 spiro atoms. The summed E-state index contributed by atoms with van der Waals surface area (Å²) in [5, 5.41) is 3.48. The van der Waals surface area contributed by atoms with Gasteiger partial charge in [0.2, 0.25) is 5.91 Å². The van der Waals surface area contributed by atoms with E-state index in [2.05, 4.69) is 24.4 Å². The zero-order valence-corrected chi connectivity index (χ0v) is 14.0. The number of carbonyl (C=O) groups is 1. The number of nitrogens with one attached hydrogen (secondary N) is 1. The smallest absolute Gasteiger partial charge is 0.220 e. The van der Waals surface area contributed by atoms with Gasteiger partial charge in [0.1, 0.15) is 0 Å². The Morgan fingerprint density at radius 3 is 2.32 bits per heavy atom. The van der Waals surface area contributed by atoms with Crippen LogP contribution in [0.1, 0.15) is 71.1 Å². The molecule has 2 nitrogen and oxygen atoms in total. The topological polar surface area (TPSA) is 29.1 Å². The Hall–Kier alpha value is -0.790. The summed E-state index contributed by atoms with van der Waals surface area (Å²) in [4.78, 5) is 12.5. The maximum atomic E-state index is 12.5. The maximum absolute atomic E-state index is 12.5. The van der Waals surface area contributed by atoms with Gasteiger partial charge in [-0.25, -0.2) is 0 Å². The van der Waals surface area contributed by atoms with E-state index in [9.17, 15) is 4.79 Å². The van der Waals surface area contributed by atoms with Crippen molar-refractivity contribution in [2.75, 3.05) is 0 Å². The molecule has 4 bridgehead atoms. The number of rotatable bonds is 5. The molecule has 0 saturated heterocycles. The number of hydrogen-bond acceptors (Lipinski definition) is 1. The fraction of sp³-hybridized carbons (Fsp3) is 0.850. The third kappa shape index (κ3) is 2.63. The zero-order valence-electron chi connectivity index (χ0n) is 14.0. The second-order valence-corrected chi connectivity index (χ2v) is 8.78. The average molecular weight is 301 g/mol. The first-order chi connectivity index (χ1) is 10.7. The molecule has 0 aromatic rings. The first-order valence-electron chi connectivity index (χ1n) is 9.63. The molecule has 0 aromatic carbocycles. The number of allylic oxidation sites excluding steroid dienone is 2. The normalized spacial score (nSPS) is 43.5. The molecule has 4 saturated carbocycles. The van der Waals surface area contributed by atoms with E-state index in [4.69, 9.17) is 0 Å². The summed E-state index contributed by atoms with van der Waals surface area (Å²) < 4.78 is 0. The van der Waals surface area contributed by atoms with Crippen molar-refractivity contribution in [3.05, 3.63) is 12.2 Å². The largest absolute Gasteiger partial charge is 0.353 e. The SMILES string of the molecule is CC[C@H](NC(=O)C[C@H]1C=CCC1)C12CC3CC(CC(C3)C1)C2. The molecule has 5 aliphatic carbocycles. The highest BCUT2D eigenvalue weighted by Crippen LogP contribution is 2.61. The van der Waals surface area contributed by atoms with Crippen LogP contribution in [0.25, 0.3) is 0 Å². The summed E-state index contributed by atoms with van der Waals surface area (Å²) in [7, 11) is 0. The average Bonchev–Trinajstić information content (AvgIpc) is 2.96. The molecule has 0 heterocycles. The summed E-state index contributed by atoms with van der Waals surface area (Å²) in [5.74, 6) is 3.70. The Kier molecular flexibility index (Phi) is 3.82. The highest BCUT2D eigenvalue weighted by molar-refractivity contribution is 5.77. The molecule has 0 aromatic heterocycles. The van der Waals surface area contributed by atoms with E-state index >= 15 is 0 Å². The van der Waals surface area contributed by atoms with Gasteiger partial charge in [0.25, 0.3) is 0 Å². The van der Waals surface area contributed by atoms with Crippen LogP contribution >= 0.6 is 0 Å². The number of carbonyl (C=O) groups excluding carboxylic acids is 1. The fourth-order valence-electron chi connectivity index (χ4n) is 6.65. The van der Waals surface area contributed by atoms with Gasteiger partial charge in [-0.2, -0.15) is 0 Å². The molecule has 0 unspecified atom stereocenters. The summed E-state index contributed by atoms with van der Waals surface area (Å²) in [6, 6.07) is 0.429. The third-order valence-corrected chi connectivity index (χ3v) is 7.13. The van der Waals surface area contributed by atoms with Crippen LogP contribution in [0.2, 0.25) is 0 Å². The van der Waals surface area contributed by atoms with Crippen LogP contribution in [0.15, 0.2) is 12.2 Å². The van der Waals surface area contributed by atoms with Gasteiger partial charge >= 0.3 is 0 Å². The predicted molar refractivity (Wildman–Crippen MR) is 89.3 cm³/mol. The van der Waals surface area contributed by atoms with Crippen molar-refractivity contribution in [2.45, 2.75) is 77.2 Å². The lowest BCUT2D eigenvalue weighted by atomic mass is 9.47. The Morgan fingerprint density at radius 2 is 1.82 bits per heavy atom. The summed E-state index contributed by atoms with van der Waals surface area (Å²) in [6.07, 6.45) is 17.2.